The van der Waals surface area contributed by atoms with Gasteiger partial charge in [-0.15, -0.1) is 11.3 Å². The van der Waals surface area contributed by atoms with Gasteiger partial charge in [-0.1, -0.05) is 30.3 Å². The van der Waals surface area contributed by atoms with Crippen LogP contribution in [0.25, 0.3) is 10.2 Å². The maximum Gasteiger partial charge on any atom is 0.146 e. The van der Waals surface area contributed by atoms with E-state index >= 15 is 0 Å². The second-order valence-corrected chi connectivity index (χ2v) is 8.32. The average molecular weight is 383 g/mol. The summed E-state index contributed by atoms with van der Waals surface area (Å²) in [6.07, 6.45) is 0. The molecule has 1 fully saturated rings. The second kappa shape index (κ2) is 7.92. The fourth-order valence-corrected chi connectivity index (χ4v) is 4.51. The van der Waals surface area contributed by atoms with Gasteiger partial charge in [-0.25, -0.2) is 9.97 Å². The van der Waals surface area contributed by atoms with Crippen LogP contribution in [0, 0.1) is 13.8 Å². The van der Waals surface area contributed by atoms with Gasteiger partial charge in [0.1, 0.15) is 16.5 Å². The zero-order chi connectivity index (χ0) is 18.8. The molecule has 2 aromatic heterocycles. The first-order chi connectivity index (χ1) is 13.1. The van der Waals surface area contributed by atoms with Gasteiger partial charge in [-0.05, 0) is 31.9 Å². The van der Waals surface area contributed by atoms with Gasteiger partial charge < -0.3 is 10.1 Å². The number of benzene rings is 1. The van der Waals surface area contributed by atoms with E-state index in [0.29, 0.717) is 0 Å². The van der Waals surface area contributed by atoms with Gasteiger partial charge in [-0.2, -0.15) is 0 Å². The Morgan fingerprint density at radius 3 is 2.63 bits per heavy atom. The Morgan fingerprint density at radius 2 is 1.89 bits per heavy atom. The van der Waals surface area contributed by atoms with Crippen molar-refractivity contribution < 1.29 is 4.74 Å². The van der Waals surface area contributed by atoms with Gasteiger partial charge in [0.05, 0.1) is 25.1 Å². The zero-order valence-electron chi connectivity index (χ0n) is 16.2. The fourth-order valence-electron chi connectivity index (χ4n) is 3.46. The van der Waals surface area contributed by atoms with Crippen LogP contribution in [0.5, 0.6) is 0 Å². The normalized spacial score (nSPS) is 16.6. The third-order valence-corrected chi connectivity index (χ3v) is 6.30. The van der Waals surface area contributed by atoms with Gasteiger partial charge in [0.2, 0.25) is 0 Å². The molecule has 1 N–H and O–H groups in total. The largest absolute Gasteiger partial charge is 0.379 e. The Morgan fingerprint density at radius 1 is 1.15 bits per heavy atom. The summed E-state index contributed by atoms with van der Waals surface area (Å²) < 4.78 is 5.46. The van der Waals surface area contributed by atoms with Crippen LogP contribution in [0.1, 0.15) is 34.8 Å². The molecule has 0 radical (unpaired) electrons. The summed E-state index contributed by atoms with van der Waals surface area (Å²) in [6, 6.07) is 10.7. The number of rotatable bonds is 5. The van der Waals surface area contributed by atoms with Crippen molar-refractivity contribution in [2.24, 2.45) is 0 Å². The number of nitrogens with zero attached hydrogens (tertiary/aromatic N) is 3. The Balaban J connectivity index is 1.68. The predicted molar refractivity (Wildman–Crippen MR) is 111 cm³/mol. The fraction of sp³-hybridized carbons (Fsp3) is 0.429. The lowest BCUT2D eigenvalue weighted by Gasteiger charge is -2.26. The molecule has 0 aliphatic carbocycles. The lowest BCUT2D eigenvalue weighted by atomic mass is 10.1. The molecule has 5 nitrogen and oxygen atoms in total. The summed E-state index contributed by atoms with van der Waals surface area (Å²) in [5, 5.41) is 4.80. The Bertz CT molecular complexity index is 919. The molecule has 27 heavy (non-hydrogen) atoms. The summed E-state index contributed by atoms with van der Waals surface area (Å²) >= 11 is 1.76. The standard InChI is InChI=1S/C21H26N4OS/c1-14-16(3)27-21-19(14)20(22-15(2)17-7-5-4-6-8-17)23-18(24-21)13-25-9-11-26-12-10-25/h4-8,15H,9-13H2,1-3H3,(H,22,23,24)/t15-/m0/s1. The van der Waals surface area contributed by atoms with Crippen molar-refractivity contribution in [1.29, 1.82) is 0 Å². The molecular weight excluding hydrogens is 356 g/mol. The highest BCUT2D eigenvalue weighted by Gasteiger charge is 2.19. The van der Waals surface area contributed by atoms with Crippen LogP contribution in [-0.4, -0.2) is 41.2 Å². The van der Waals surface area contributed by atoms with Crippen LogP contribution in [0.2, 0.25) is 0 Å². The van der Waals surface area contributed by atoms with Crippen LogP contribution < -0.4 is 5.32 Å². The molecule has 4 rings (SSSR count). The number of morpholine rings is 1. The number of ether oxygens (including phenoxy) is 1. The van der Waals surface area contributed by atoms with Crippen molar-refractivity contribution in [3.05, 3.63) is 52.2 Å². The third kappa shape index (κ3) is 3.98. The number of fused-ring (bicyclic) bond motifs is 1. The molecule has 1 atom stereocenters. The third-order valence-electron chi connectivity index (χ3n) is 5.20. The van der Waals surface area contributed by atoms with E-state index in [1.54, 1.807) is 11.3 Å². The molecule has 0 amide bonds. The molecule has 1 aliphatic rings. The topological polar surface area (TPSA) is 50.3 Å². The SMILES string of the molecule is Cc1sc2nc(CN3CCOCC3)nc(N[C@@H](C)c3ccccc3)c2c1C. The minimum absolute atomic E-state index is 0.181. The smallest absolute Gasteiger partial charge is 0.146 e. The summed E-state index contributed by atoms with van der Waals surface area (Å²) in [5.74, 6) is 1.83. The number of anilines is 1. The summed E-state index contributed by atoms with van der Waals surface area (Å²) in [4.78, 5) is 14.6. The van der Waals surface area contributed by atoms with E-state index in [1.165, 1.54) is 16.0 Å². The van der Waals surface area contributed by atoms with E-state index in [4.69, 9.17) is 14.7 Å². The van der Waals surface area contributed by atoms with E-state index in [2.05, 4.69) is 55.3 Å². The average Bonchev–Trinajstić information content (AvgIpc) is 2.97. The molecule has 142 valence electrons. The molecule has 0 unspecified atom stereocenters. The Hall–Kier alpha value is -2.02. The van der Waals surface area contributed by atoms with Gasteiger partial charge in [-0.3, -0.25) is 4.90 Å². The van der Waals surface area contributed by atoms with Crippen LogP contribution >= 0.6 is 11.3 Å². The van der Waals surface area contributed by atoms with E-state index in [1.807, 2.05) is 6.07 Å². The van der Waals surface area contributed by atoms with Crippen molar-refractivity contribution in [1.82, 2.24) is 14.9 Å². The molecule has 0 bridgehead atoms. The minimum Gasteiger partial charge on any atom is -0.379 e. The Kier molecular flexibility index (Phi) is 5.38. The van der Waals surface area contributed by atoms with Gasteiger partial charge in [0.15, 0.2) is 0 Å². The molecule has 1 saturated heterocycles. The van der Waals surface area contributed by atoms with Crippen molar-refractivity contribution in [2.45, 2.75) is 33.4 Å². The molecule has 1 aliphatic heterocycles. The maximum absolute atomic E-state index is 5.46. The van der Waals surface area contributed by atoms with E-state index < -0.39 is 0 Å². The molecule has 3 heterocycles. The minimum atomic E-state index is 0.181. The number of hydrogen-bond acceptors (Lipinski definition) is 6. The van der Waals surface area contributed by atoms with E-state index in [9.17, 15) is 0 Å². The highest BCUT2D eigenvalue weighted by Crippen LogP contribution is 2.34. The van der Waals surface area contributed by atoms with E-state index in [0.717, 1.165) is 54.7 Å². The quantitative estimate of drug-likeness (QED) is 0.712. The summed E-state index contributed by atoms with van der Waals surface area (Å²) in [7, 11) is 0. The first kappa shape index (κ1) is 18.3. The van der Waals surface area contributed by atoms with Crippen LogP contribution in [0.3, 0.4) is 0 Å². The van der Waals surface area contributed by atoms with Crippen molar-refractivity contribution in [3.63, 3.8) is 0 Å². The Labute approximate surface area is 164 Å². The lowest BCUT2D eigenvalue weighted by molar-refractivity contribution is 0.0331. The second-order valence-electron chi connectivity index (χ2n) is 7.12. The monoisotopic (exact) mass is 382 g/mol. The predicted octanol–water partition coefficient (Wildman–Crippen LogP) is 4.31. The number of nitrogens with one attached hydrogen (secondary N) is 1. The number of thiophene rings is 1. The van der Waals surface area contributed by atoms with Crippen molar-refractivity contribution in [3.8, 4) is 0 Å². The van der Waals surface area contributed by atoms with E-state index in [-0.39, 0.29) is 6.04 Å². The molecule has 6 heteroatoms. The van der Waals surface area contributed by atoms with Gasteiger partial charge in [0.25, 0.3) is 0 Å². The van der Waals surface area contributed by atoms with Crippen LogP contribution in [-0.2, 0) is 11.3 Å². The molecular formula is C21H26N4OS. The first-order valence-electron chi connectivity index (χ1n) is 9.50. The van der Waals surface area contributed by atoms with Crippen molar-refractivity contribution in [2.75, 3.05) is 31.6 Å². The number of hydrogen-bond donors (Lipinski definition) is 1. The van der Waals surface area contributed by atoms with Gasteiger partial charge >= 0.3 is 0 Å². The highest BCUT2D eigenvalue weighted by molar-refractivity contribution is 7.18. The summed E-state index contributed by atoms with van der Waals surface area (Å²) in [6.45, 7) is 10.7. The van der Waals surface area contributed by atoms with Crippen LogP contribution in [0.4, 0.5) is 5.82 Å². The number of aryl methyl sites for hydroxylation is 2. The highest BCUT2D eigenvalue weighted by atomic mass is 32.1. The molecule has 0 spiro atoms. The molecule has 3 aromatic rings. The van der Waals surface area contributed by atoms with Crippen LogP contribution in [0.15, 0.2) is 30.3 Å². The maximum atomic E-state index is 5.46. The zero-order valence-corrected chi connectivity index (χ0v) is 17.0. The van der Waals surface area contributed by atoms with Crippen molar-refractivity contribution >= 4 is 27.4 Å². The number of aromatic nitrogens is 2. The lowest BCUT2D eigenvalue weighted by Crippen LogP contribution is -2.36. The van der Waals surface area contributed by atoms with Gasteiger partial charge in [0, 0.05) is 24.0 Å². The summed E-state index contributed by atoms with van der Waals surface area (Å²) in [5.41, 5.74) is 2.53. The first-order valence-corrected chi connectivity index (χ1v) is 10.3. The molecule has 0 saturated carbocycles. The molecule has 1 aromatic carbocycles.